The van der Waals surface area contributed by atoms with Crippen molar-refractivity contribution in [1.82, 2.24) is 15.3 Å². The fourth-order valence-corrected chi connectivity index (χ4v) is 1.93. The highest BCUT2D eigenvalue weighted by Gasteiger charge is 2.23. The van der Waals surface area contributed by atoms with Gasteiger partial charge in [-0.3, -0.25) is 19.9 Å². The van der Waals surface area contributed by atoms with E-state index < -0.39 is 29.6 Å². The summed E-state index contributed by atoms with van der Waals surface area (Å²) >= 11 is 0. The highest BCUT2D eigenvalue weighted by molar-refractivity contribution is 5.91. The normalized spacial score (nSPS) is 11.3. The fraction of sp³-hybridized carbons (Fsp3) is 0.533. The van der Waals surface area contributed by atoms with Crippen LogP contribution in [-0.2, 0) is 19.1 Å². The van der Waals surface area contributed by atoms with Gasteiger partial charge < -0.3 is 14.8 Å². The van der Waals surface area contributed by atoms with E-state index in [1.54, 1.807) is 20.8 Å². The summed E-state index contributed by atoms with van der Waals surface area (Å²) in [7, 11) is 0. The number of aromatic amines is 1. The Kier molecular flexibility index (Phi) is 8.10. The molecule has 1 heterocycles. The summed E-state index contributed by atoms with van der Waals surface area (Å²) in [6.07, 6.45) is -0.0417. The van der Waals surface area contributed by atoms with E-state index in [0.717, 1.165) is 0 Å². The van der Waals surface area contributed by atoms with Gasteiger partial charge in [0.2, 0.25) is 5.95 Å². The second kappa shape index (κ2) is 10.1. The molecule has 10 nitrogen and oxygen atoms in total. The Labute approximate surface area is 144 Å². The molecule has 0 aliphatic carbocycles. The summed E-state index contributed by atoms with van der Waals surface area (Å²) in [5.74, 6) is -1.22. The number of rotatable bonds is 8. The molecule has 0 radical (unpaired) electrons. The summed E-state index contributed by atoms with van der Waals surface area (Å²) in [6.45, 7) is 5.25. The summed E-state index contributed by atoms with van der Waals surface area (Å²) in [5.41, 5.74) is -0.00430. The van der Waals surface area contributed by atoms with Crippen molar-refractivity contribution in [3.63, 3.8) is 0 Å². The van der Waals surface area contributed by atoms with E-state index in [0.29, 0.717) is 5.69 Å². The lowest BCUT2D eigenvalue weighted by Gasteiger charge is -2.17. The molecule has 0 saturated heterocycles. The zero-order chi connectivity index (χ0) is 18.8. The van der Waals surface area contributed by atoms with Crippen molar-refractivity contribution in [2.45, 2.75) is 39.7 Å². The summed E-state index contributed by atoms with van der Waals surface area (Å²) in [4.78, 5) is 53.0. The largest absolute Gasteiger partial charge is 0.466 e. The maximum atomic E-state index is 12.0. The molecule has 1 rings (SSSR count). The third kappa shape index (κ3) is 7.46. The monoisotopic (exact) mass is 354 g/mol. The Morgan fingerprint density at radius 1 is 1.24 bits per heavy atom. The number of hydrogen-bond donors (Lipinski definition) is 3. The number of esters is 2. The second-order valence-electron chi connectivity index (χ2n) is 4.98. The van der Waals surface area contributed by atoms with Gasteiger partial charge in [0.15, 0.2) is 0 Å². The third-order valence-electron chi connectivity index (χ3n) is 2.92. The first-order chi connectivity index (χ1) is 11.8. The van der Waals surface area contributed by atoms with Crippen molar-refractivity contribution < 1.29 is 23.9 Å². The molecule has 138 valence electrons. The van der Waals surface area contributed by atoms with Crippen molar-refractivity contribution in [2.24, 2.45) is 0 Å². The lowest BCUT2D eigenvalue weighted by Crippen LogP contribution is -2.44. The quantitative estimate of drug-likeness (QED) is 0.577. The Balaban J connectivity index is 2.71. The number of nitrogens with one attached hydrogen (secondary N) is 3. The van der Waals surface area contributed by atoms with E-state index in [2.05, 4.69) is 20.6 Å². The molecule has 1 aromatic rings. The second-order valence-corrected chi connectivity index (χ2v) is 4.98. The Bertz CT molecular complexity index is 672. The van der Waals surface area contributed by atoms with Gasteiger partial charge in [0.1, 0.15) is 6.04 Å². The van der Waals surface area contributed by atoms with Crippen LogP contribution in [0.15, 0.2) is 10.9 Å². The van der Waals surface area contributed by atoms with Gasteiger partial charge in [0.05, 0.1) is 13.2 Å². The van der Waals surface area contributed by atoms with E-state index in [9.17, 15) is 19.2 Å². The van der Waals surface area contributed by atoms with E-state index in [-0.39, 0.29) is 32.0 Å². The van der Waals surface area contributed by atoms with Crippen LogP contribution in [0.2, 0.25) is 0 Å². The summed E-state index contributed by atoms with van der Waals surface area (Å²) < 4.78 is 9.67. The van der Waals surface area contributed by atoms with E-state index in [1.807, 2.05) is 0 Å². The van der Waals surface area contributed by atoms with Crippen LogP contribution < -0.4 is 16.2 Å². The number of carbonyl (C=O) groups is 3. The van der Waals surface area contributed by atoms with Gasteiger partial charge in [0, 0.05) is 18.2 Å². The summed E-state index contributed by atoms with van der Waals surface area (Å²) in [5, 5.41) is 4.72. The van der Waals surface area contributed by atoms with Crippen LogP contribution >= 0.6 is 0 Å². The fourth-order valence-electron chi connectivity index (χ4n) is 1.93. The molecular weight excluding hydrogens is 332 g/mol. The molecule has 1 aromatic heterocycles. The number of anilines is 1. The molecule has 0 aliphatic rings. The highest BCUT2D eigenvalue weighted by Crippen LogP contribution is 2.04. The Hall–Kier alpha value is -2.91. The predicted octanol–water partition coefficient (Wildman–Crippen LogP) is 0.475. The molecule has 1 unspecified atom stereocenters. The minimum Gasteiger partial charge on any atom is -0.466 e. The number of urea groups is 1. The van der Waals surface area contributed by atoms with Crippen molar-refractivity contribution in [1.29, 1.82) is 0 Å². The van der Waals surface area contributed by atoms with Gasteiger partial charge in [-0.15, -0.1) is 0 Å². The van der Waals surface area contributed by atoms with Crippen LogP contribution in [0, 0.1) is 6.92 Å². The molecule has 0 fully saturated rings. The number of aromatic nitrogens is 2. The molecule has 0 bridgehead atoms. The SMILES string of the molecule is CCOC(=O)CCC(NC(=O)Nc1nc(C)cc(=O)[nH]1)C(=O)OCC. The smallest absolute Gasteiger partial charge is 0.328 e. The van der Waals surface area contributed by atoms with Gasteiger partial charge in [0.25, 0.3) is 5.56 Å². The Morgan fingerprint density at radius 3 is 2.52 bits per heavy atom. The standard InChI is InChI=1S/C15H22N4O6/c1-4-24-12(21)7-6-10(13(22)25-5-2)17-15(23)19-14-16-9(3)8-11(20)18-14/h8,10H,4-7H2,1-3H3,(H3,16,17,18,19,20,23). The van der Waals surface area contributed by atoms with E-state index >= 15 is 0 Å². The van der Waals surface area contributed by atoms with Gasteiger partial charge in [-0.2, -0.15) is 0 Å². The van der Waals surface area contributed by atoms with Crippen LogP contribution in [0.4, 0.5) is 10.7 Å². The third-order valence-corrected chi connectivity index (χ3v) is 2.92. The number of ether oxygens (including phenoxy) is 2. The predicted molar refractivity (Wildman–Crippen MR) is 88.0 cm³/mol. The molecule has 0 saturated carbocycles. The van der Waals surface area contributed by atoms with Gasteiger partial charge >= 0.3 is 18.0 Å². The number of nitrogens with zero attached hydrogens (tertiary/aromatic N) is 1. The Morgan fingerprint density at radius 2 is 1.92 bits per heavy atom. The molecule has 10 heteroatoms. The lowest BCUT2D eigenvalue weighted by atomic mass is 10.1. The molecule has 25 heavy (non-hydrogen) atoms. The maximum absolute atomic E-state index is 12.0. The highest BCUT2D eigenvalue weighted by atomic mass is 16.5. The molecule has 0 spiro atoms. The van der Waals surface area contributed by atoms with Crippen LogP contribution in [0.5, 0.6) is 0 Å². The topological polar surface area (TPSA) is 139 Å². The van der Waals surface area contributed by atoms with Crippen LogP contribution in [0.25, 0.3) is 0 Å². The minimum atomic E-state index is -1.04. The molecule has 2 amide bonds. The van der Waals surface area contributed by atoms with Crippen LogP contribution in [-0.4, -0.2) is 47.2 Å². The average Bonchev–Trinajstić information content (AvgIpc) is 2.50. The van der Waals surface area contributed by atoms with Crippen LogP contribution in [0.3, 0.4) is 0 Å². The zero-order valence-corrected chi connectivity index (χ0v) is 14.4. The molecule has 0 aromatic carbocycles. The van der Waals surface area contributed by atoms with Crippen molar-refractivity contribution in [2.75, 3.05) is 18.5 Å². The first-order valence-electron chi connectivity index (χ1n) is 7.83. The molecule has 1 atom stereocenters. The van der Waals surface area contributed by atoms with Crippen molar-refractivity contribution in [3.8, 4) is 0 Å². The zero-order valence-electron chi connectivity index (χ0n) is 14.4. The van der Waals surface area contributed by atoms with E-state index in [4.69, 9.17) is 9.47 Å². The first kappa shape index (κ1) is 20.1. The molecule has 0 aliphatic heterocycles. The molecule has 3 N–H and O–H groups in total. The minimum absolute atomic E-state index is 0.0167. The summed E-state index contributed by atoms with van der Waals surface area (Å²) in [6, 6.07) is -0.541. The number of hydrogen-bond acceptors (Lipinski definition) is 7. The van der Waals surface area contributed by atoms with Crippen molar-refractivity contribution in [3.05, 3.63) is 22.1 Å². The number of aryl methyl sites for hydroxylation is 1. The number of carbonyl (C=O) groups excluding carboxylic acids is 3. The lowest BCUT2D eigenvalue weighted by molar-refractivity contribution is -0.146. The average molecular weight is 354 g/mol. The van der Waals surface area contributed by atoms with E-state index in [1.165, 1.54) is 6.07 Å². The first-order valence-corrected chi connectivity index (χ1v) is 7.83. The number of H-pyrrole nitrogens is 1. The van der Waals surface area contributed by atoms with Gasteiger partial charge in [-0.05, 0) is 27.2 Å². The van der Waals surface area contributed by atoms with Crippen LogP contribution in [0.1, 0.15) is 32.4 Å². The maximum Gasteiger partial charge on any atom is 0.328 e. The van der Waals surface area contributed by atoms with Crippen molar-refractivity contribution >= 4 is 23.9 Å². The number of amides is 2. The molecular formula is C15H22N4O6. The van der Waals surface area contributed by atoms with Gasteiger partial charge in [-0.1, -0.05) is 0 Å². The van der Waals surface area contributed by atoms with Gasteiger partial charge in [-0.25, -0.2) is 14.6 Å².